The van der Waals surface area contributed by atoms with Gasteiger partial charge in [-0.05, 0) is 76.8 Å². The molecule has 0 aromatic carbocycles. The van der Waals surface area contributed by atoms with E-state index in [9.17, 15) is 52.7 Å². The first-order valence-electron chi connectivity index (χ1n) is 21.8. The summed E-state index contributed by atoms with van der Waals surface area (Å²) in [5.41, 5.74) is 32.4. The van der Waals surface area contributed by atoms with Gasteiger partial charge in [0.25, 0.3) is 0 Å². The number of likely N-dealkylation sites (N-methyl/N-ethyl adjacent to an activating group) is 1. The Labute approximate surface area is 402 Å². The van der Waals surface area contributed by atoms with E-state index < -0.39 is 127 Å². The van der Waals surface area contributed by atoms with Crippen molar-refractivity contribution in [3.63, 3.8) is 0 Å². The summed E-state index contributed by atoms with van der Waals surface area (Å²) in [4.78, 5) is 147. The van der Waals surface area contributed by atoms with Gasteiger partial charge in [-0.1, -0.05) is 0 Å². The molecule has 6 unspecified atom stereocenters. The standard InChI is InChI=1S/C39H70N16O13S/c1-46-22(10-13-28(57)47-16-5-8-30(59)60)33(64)53-25(11-14-29(58)50-20-31(61)62)36(67)55-26(15-19-69-2)37(68)54-24(9-12-27(40)56)35(66)52-23(7-4-18-49-39(44)45)34(65)51-21(32(41)63)6-3-17-48-38(42)43/h21-26,46H,3-20H2,1-2H3,(H2,40,56)(H2,41,63)(H,47,57)(H,50,58)(H,51,65)(H,52,66)(H,53,64)(H,54,68)(H,55,67)(H,59,60)(H,61,62)(H4,42,43,48)(H4,44,45,49). The molecular weight excluding hydrogens is 933 g/mol. The molecule has 69 heavy (non-hydrogen) atoms. The molecule has 29 nitrogen and oxygen atoms in total. The molecule has 0 aromatic rings. The predicted octanol–water partition coefficient (Wildman–Crippen LogP) is -6.65. The molecule has 0 bridgehead atoms. The van der Waals surface area contributed by atoms with Crippen LogP contribution in [0.3, 0.4) is 0 Å². The molecule has 0 fully saturated rings. The van der Waals surface area contributed by atoms with Crippen molar-refractivity contribution in [2.24, 2.45) is 44.4 Å². The number of thioether (sulfide) groups is 1. The Bertz CT molecular complexity index is 1810. The number of carboxylic acid groups (broad SMARTS) is 2. The molecule has 0 aliphatic rings. The minimum atomic E-state index is -1.56. The number of aliphatic imine (C=N–C) groups is 2. The maximum atomic E-state index is 14.0. The summed E-state index contributed by atoms with van der Waals surface area (Å²) in [7, 11) is 1.41. The Morgan fingerprint density at radius 1 is 0.493 bits per heavy atom. The van der Waals surface area contributed by atoms with Crippen LogP contribution in [0.1, 0.15) is 83.5 Å². The molecule has 0 radical (unpaired) electrons. The molecule has 0 spiro atoms. The second-order valence-corrected chi connectivity index (χ2v) is 16.3. The van der Waals surface area contributed by atoms with E-state index in [1.54, 1.807) is 6.26 Å². The third-order valence-electron chi connectivity index (χ3n) is 9.68. The molecule has 30 heteroatoms. The zero-order valence-corrected chi connectivity index (χ0v) is 39.7. The maximum absolute atomic E-state index is 14.0. The van der Waals surface area contributed by atoms with E-state index >= 15 is 0 Å². The Kier molecular flexibility index (Phi) is 31.6. The minimum absolute atomic E-state index is 0.0169. The number of amides is 9. The summed E-state index contributed by atoms with van der Waals surface area (Å²) >= 11 is 1.28. The second-order valence-electron chi connectivity index (χ2n) is 15.3. The van der Waals surface area contributed by atoms with Gasteiger partial charge in [0.2, 0.25) is 53.2 Å². The lowest BCUT2D eigenvalue weighted by molar-refractivity contribution is -0.138. The van der Waals surface area contributed by atoms with Crippen LogP contribution < -0.4 is 76.9 Å². The van der Waals surface area contributed by atoms with E-state index in [4.69, 9.17) is 44.6 Å². The Morgan fingerprint density at radius 2 is 0.899 bits per heavy atom. The Hall–Kier alpha value is -6.98. The van der Waals surface area contributed by atoms with Crippen molar-refractivity contribution in [3.05, 3.63) is 0 Å². The van der Waals surface area contributed by atoms with Gasteiger partial charge in [-0.2, -0.15) is 11.8 Å². The molecule has 0 saturated heterocycles. The average molecular weight is 1000 g/mol. The Balaban J connectivity index is 6.57. The summed E-state index contributed by atoms with van der Waals surface area (Å²) < 4.78 is 0. The van der Waals surface area contributed by atoms with Gasteiger partial charge in [0.1, 0.15) is 36.8 Å². The third-order valence-corrected chi connectivity index (χ3v) is 10.3. The number of guanidine groups is 2. The van der Waals surface area contributed by atoms with Crippen molar-refractivity contribution in [2.75, 3.05) is 45.2 Å². The zero-order chi connectivity index (χ0) is 52.5. The lowest BCUT2D eigenvalue weighted by atomic mass is 10.0. The molecular formula is C39H70N16O13S. The maximum Gasteiger partial charge on any atom is 0.322 e. The molecule has 0 saturated carbocycles. The van der Waals surface area contributed by atoms with Crippen molar-refractivity contribution in [1.82, 2.24) is 42.5 Å². The van der Waals surface area contributed by atoms with Crippen molar-refractivity contribution in [2.45, 2.75) is 120 Å². The van der Waals surface area contributed by atoms with Gasteiger partial charge >= 0.3 is 11.9 Å². The van der Waals surface area contributed by atoms with Crippen LogP contribution in [0, 0.1) is 0 Å². The van der Waals surface area contributed by atoms with Crippen LogP contribution in [0.2, 0.25) is 0 Å². The van der Waals surface area contributed by atoms with Gasteiger partial charge in [-0.25, -0.2) is 0 Å². The smallest absolute Gasteiger partial charge is 0.322 e. The van der Waals surface area contributed by atoms with Gasteiger partial charge in [0, 0.05) is 45.3 Å². The number of hydrogen-bond acceptors (Lipinski definition) is 15. The quantitative estimate of drug-likeness (QED) is 0.0155. The molecule has 390 valence electrons. The highest BCUT2D eigenvalue weighted by Crippen LogP contribution is 2.10. The fraction of sp³-hybridized carbons (Fsp3) is 0.667. The molecule has 0 rings (SSSR count). The number of hydrogen-bond donors (Lipinski definition) is 16. The van der Waals surface area contributed by atoms with Crippen molar-refractivity contribution in [3.8, 4) is 0 Å². The number of carboxylic acids is 2. The van der Waals surface area contributed by atoms with Gasteiger partial charge in [-0.15, -0.1) is 0 Å². The lowest BCUT2D eigenvalue weighted by Gasteiger charge is -2.27. The minimum Gasteiger partial charge on any atom is -0.481 e. The highest BCUT2D eigenvalue weighted by molar-refractivity contribution is 7.98. The van der Waals surface area contributed by atoms with E-state index in [1.807, 2.05) is 0 Å². The van der Waals surface area contributed by atoms with E-state index in [0.717, 1.165) is 0 Å². The van der Waals surface area contributed by atoms with Crippen molar-refractivity contribution < 1.29 is 63.0 Å². The monoisotopic (exact) mass is 1000 g/mol. The number of nitrogens with two attached hydrogens (primary N) is 6. The lowest BCUT2D eigenvalue weighted by Crippen LogP contribution is -2.59. The van der Waals surface area contributed by atoms with Gasteiger partial charge in [0.05, 0.1) is 6.04 Å². The van der Waals surface area contributed by atoms with Gasteiger partial charge < -0.3 is 87.1 Å². The summed E-state index contributed by atoms with van der Waals surface area (Å²) in [6.07, 6.45) is -0.0152. The van der Waals surface area contributed by atoms with E-state index in [-0.39, 0.29) is 102 Å². The van der Waals surface area contributed by atoms with Crippen molar-refractivity contribution >= 4 is 88.8 Å². The van der Waals surface area contributed by atoms with Crippen LogP contribution in [0.4, 0.5) is 0 Å². The first-order valence-corrected chi connectivity index (χ1v) is 23.2. The molecule has 9 amide bonds. The Morgan fingerprint density at radius 3 is 1.32 bits per heavy atom. The summed E-state index contributed by atoms with van der Waals surface area (Å²) in [6.45, 7) is -0.515. The summed E-state index contributed by atoms with van der Waals surface area (Å²) in [5, 5.41) is 37.7. The summed E-state index contributed by atoms with van der Waals surface area (Å²) in [5.74, 6) is -10.1. The number of carbonyl (C=O) groups excluding carboxylic acids is 9. The highest BCUT2D eigenvalue weighted by Gasteiger charge is 2.33. The SMILES string of the molecule is CNC(CCC(=O)NCCCC(=O)O)C(=O)NC(CCC(=O)NCC(=O)O)C(=O)NC(CCSC)C(=O)NC(CCC(N)=O)C(=O)NC(CCCN=C(N)N)C(=O)NC(CCCN=C(N)N)C(N)=O. The fourth-order valence-electron chi connectivity index (χ4n) is 6.03. The molecule has 22 N–H and O–H groups in total. The number of aliphatic carboxylic acids is 2. The van der Waals surface area contributed by atoms with E-state index in [1.165, 1.54) is 18.8 Å². The van der Waals surface area contributed by atoms with Crippen LogP contribution in [-0.2, 0) is 52.7 Å². The van der Waals surface area contributed by atoms with Crippen LogP contribution in [0.5, 0.6) is 0 Å². The number of primary amides is 2. The largest absolute Gasteiger partial charge is 0.481 e. The number of carbonyl (C=O) groups is 11. The number of nitrogens with one attached hydrogen (secondary N) is 8. The molecule has 0 aliphatic carbocycles. The molecule has 6 atom stereocenters. The van der Waals surface area contributed by atoms with E-state index in [2.05, 4.69) is 52.5 Å². The first kappa shape index (κ1) is 62.0. The van der Waals surface area contributed by atoms with Crippen LogP contribution in [-0.4, -0.2) is 169 Å². The molecule has 0 aliphatic heterocycles. The van der Waals surface area contributed by atoms with Crippen LogP contribution in [0.25, 0.3) is 0 Å². The number of nitrogens with zero attached hydrogens (tertiary/aromatic N) is 2. The first-order chi connectivity index (χ1) is 32.5. The fourth-order valence-corrected chi connectivity index (χ4v) is 6.50. The molecule has 0 aromatic heterocycles. The predicted molar refractivity (Wildman–Crippen MR) is 252 cm³/mol. The third kappa shape index (κ3) is 30.1. The van der Waals surface area contributed by atoms with Crippen LogP contribution >= 0.6 is 11.8 Å². The normalized spacial score (nSPS) is 13.2. The molecule has 0 heterocycles. The summed E-state index contributed by atoms with van der Waals surface area (Å²) in [6, 6.07) is -8.18. The zero-order valence-electron chi connectivity index (χ0n) is 38.8. The van der Waals surface area contributed by atoms with Gasteiger partial charge in [0.15, 0.2) is 11.9 Å². The second kappa shape index (κ2) is 35.2. The van der Waals surface area contributed by atoms with Crippen LogP contribution in [0.15, 0.2) is 9.98 Å². The number of rotatable bonds is 38. The highest BCUT2D eigenvalue weighted by atomic mass is 32.2. The van der Waals surface area contributed by atoms with E-state index in [0.29, 0.717) is 0 Å². The average Bonchev–Trinajstić information content (AvgIpc) is 3.27. The van der Waals surface area contributed by atoms with Gasteiger partial charge in [-0.3, -0.25) is 62.7 Å². The van der Waals surface area contributed by atoms with Crippen molar-refractivity contribution in [1.29, 1.82) is 0 Å². The topological polar surface area (TPSA) is 505 Å².